The van der Waals surface area contributed by atoms with Gasteiger partial charge in [0.05, 0.1) is 0 Å². The van der Waals surface area contributed by atoms with E-state index in [-0.39, 0.29) is 17.6 Å². The summed E-state index contributed by atoms with van der Waals surface area (Å²) in [5.41, 5.74) is 7.77. The first-order valence-electron chi connectivity index (χ1n) is 15.2. The Bertz CT molecular complexity index is 1520. The Morgan fingerprint density at radius 1 is 1.02 bits per heavy atom. The molecule has 1 aliphatic heterocycles. The second-order valence-corrected chi connectivity index (χ2v) is 12.1. The Morgan fingerprint density at radius 3 is 2.41 bits per heavy atom. The molecule has 1 aromatic carbocycles. The van der Waals surface area contributed by atoms with E-state index in [1.54, 1.807) is 0 Å². The van der Waals surface area contributed by atoms with Crippen molar-refractivity contribution >= 4 is 28.3 Å². The molecule has 3 aromatic rings. The minimum absolute atomic E-state index is 0.0790. The van der Waals surface area contributed by atoms with Gasteiger partial charge in [-0.1, -0.05) is 18.6 Å². The fraction of sp³-hybridized carbons (Fsp3) is 0.457. The quantitative estimate of drug-likeness (QED) is 0.260. The van der Waals surface area contributed by atoms with Gasteiger partial charge in [0.25, 0.3) is 0 Å². The molecule has 1 fully saturated rings. The molecule has 1 saturated heterocycles. The molecule has 0 radical (unpaired) electrons. The molecule has 0 bridgehead atoms. The molecule has 1 aliphatic carbocycles. The molecule has 0 amide bonds. The largest absolute Gasteiger partial charge is 0.354 e. The molecule has 0 unspecified atom stereocenters. The molecule has 6 heteroatoms. The SMILES string of the molecule is CCCN1CCN(c2ccc(-c3cc(C(=O)CCC4=C(C)C=C(C)CC4=O)c4c(C)cn(C(C)C)c4c3)cn2)CC1. The number of hydrogen-bond acceptors (Lipinski definition) is 5. The van der Waals surface area contributed by atoms with E-state index in [1.807, 2.05) is 26.1 Å². The second kappa shape index (κ2) is 12.2. The van der Waals surface area contributed by atoms with Crippen LogP contribution < -0.4 is 4.90 Å². The van der Waals surface area contributed by atoms with Crippen LogP contribution in [0.3, 0.4) is 0 Å². The summed E-state index contributed by atoms with van der Waals surface area (Å²) in [7, 11) is 0. The molecule has 2 aromatic heterocycles. The maximum absolute atomic E-state index is 13.8. The lowest BCUT2D eigenvalue weighted by molar-refractivity contribution is -0.115. The molecule has 41 heavy (non-hydrogen) atoms. The summed E-state index contributed by atoms with van der Waals surface area (Å²) < 4.78 is 2.26. The van der Waals surface area contributed by atoms with Gasteiger partial charge in [0.1, 0.15) is 5.82 Å². The number of fused-ring (bicyclic) bond motifs is 1. The van der Waals surface area contributed by atoms with Crippen molar-refractivity contribution in [2.75, 3.05) is 37.6 Å². The average molecular weight is 553 g/mol. The van der Waals surface area contributed by atoms with Gasteiger partial charge in [0.15, 0.2) is 11.6 Å². The Balaban J connectivity index is 1.45. The van der Waals surface area contributed by atoms with Gasteiger partial charge in [0, 0.05) is 79.5 Å². The molecule has 0 spiro atoms. The fourth-order valence-electron chi connectivity index (χ4n) is 6.46. The molecule has 0 atom stereocenters. The first-order valence-corrected chi connectivity index (χ1v) is 15.2. The Kier molecular flexibility index (Phi) is 8.60. The van der Waals surface area contributed by atoms with Crippen LogP contribution in [0.5, 0.6) is 0 Å². The first kappa shape index (κ1) is 29.0. The van der Waals surface area contributed by atoms with Gasteiger partial charge < -0.3 is 9.47 Å². The lowest BCUT2D eigenvalue weighted by atomic mass is 9.88. The van der Waals surface area contributed by atoms with Gasteiger partial charge in [-0.2, -0.15) is 0 Å². The number of ketones is 2. The smallest absolute Gasteiger partial charge is 0.163 e. The number of pyridine rings is 1. The Morgan fingerprint density at radius 2 is 1.78 bits per heavy atom. The zero-order chi connectivity index (χ0) is 29.3. The number of rotatable bonds is 9. The molecular formula is C35H44N4O2. The summed E-state index contributed by atoms with van der Waals surface area (Å²) in [6.07, 6.45) is 8.61. The molecule has 5 rings (SSSR count). The van der Waals surface area contributed by atoms with E-state index in [4.69, 9.17) is 4.98 Å². The van der Waals surface area contributed by atoms with Gasteiger partial charge in [0.2, 0.25) is 0 Å². The third kappa shape index (κ3) is 6.08. The lowest BCUT2D eigenvalue weighted by Gasteiger charge is -2.35. The monoisotopic (exact) mass is 552 g/mol. The van der Waals surface area contributed by atoms with Crippen molar-refractivity contribution in [3.05, 3.63) is 70.6 Å². The third-order valence-corrected chi connectivity index (χ3v) is 8.61. The number of hydrogen-bond donors (Lipinski definition) is 0. The number of allylic oxidation sites excluding steroid dienone is 4. The minimum Gasteiger partial charge on any atom is -0.354 e. The first-order chi connectivity index (χ1) is 19.7. The molecular weight excluding hydrogens is 508 g/mol. The number of nitrogens with zero attached hydrogens (tertiary/aromatic N) is 4. The summed E-state index contributed by atoms with van der Waals surface area (Å²) in [5.74, 6) is 1.23. The van der Waals surface area contributed by atoms with Crippen LogP contribution in [0, 0.1) is 6.92 Å². The van der Waals surface area contributed by atoms with Crippen molar-refractivity contribution in [1.82, 2.24) is 14.5 Å². The number of aromatic nitrogens is 2. The number of anilines is 1. The topological polar surface area (TPSA) is 58.4 Å². The van der Waals surface area contributed by atoms with E-state index in [9.17, 15) is 9.59 Å². The van der Waals surface area contributed by atoms with Crippen LogP contribution in [0.15, 0.2) is 59.5 Å². The number of carbonyl (C=O) groups excluding carboxylic acids is 2. The molecule has 0 N–H and O–H groups in total. The second-order valence-electron chi connectivity index (χ2n) is 12.1. The van der Waals surface area contributed by atoms with Crippen molar-refractivity contribution < 1.29 is 9.59 Å². The molecule has 6 nitrogen and oxygen atoms in total. The molecule has 2 aliphatic rings. The highest BCUT2D eigenvalue weighted by Gasteiger charge is 2.23. The van der Waals surface area contributed by atoms with Gasteiger partial charge in [-0.3, -0.25) is 14.5 Å². The van der Waals surface area contributed by atoms with Crippen LogP contribution in [0.2, 0.25) is 0 Å². The van der Waals surface area contributed by atoms with Crippen molar-refractivity contribution in [1.29, 1.82) is 0 Å². The molecule has 0 saturated carbocycles. The van der Waals surface area contributed by atoms with Crippen molar-refractivity contribution in [2.45, 2.75) is 73.3 Å². The fourth-order valence-corrected chi connectivity index (χ4v) is 6.46. The highest BCUT2D eigenvalue weighted by atomic mass is 16.1. The predicted molar refractivity (Wildman–Crippen MR) is 169 cm³/mol. The van der Waals surface area contributed by atoms with Crippen LogP contribution in [0.1, 0.15) is 82.3 Å². The Hall–Kier alpha value is -3.51. The summed E-state index contributed by atoms with van der Waals surface area (Å²) in [4.78, 5) is 36.3. The van der Waals surface area contributed by atoms with E-state index in [0.29, 0.717) is 19.3 Å². The average Bonchev–Trinajstić information content (AvgIpc) is 3.29. The van der Waals surface area contributed by atoms with Gasteiger partial charge in [-0.05, 0) is 101 Å². The molecule has 3 heterocycles. The molecule has 216 valence electrons. The zero-order valence-electron chi connectivity index (χ0n) is 25.6. The number of piperazine rings is 1. The van der Waals surface area contributed by atoms with Gasteiger partial charge in [-0.15, -0.1) is 0 Å². The summed E-state index contributed by atoms with van der Waals surface area (Å²) in [6.45, 7) is 17.9. The zero-order valence-corrected chi connectivity index (χ0v) is 25.6. The summed E-state index contributed by atoms with van der Waals surface area (Å²) >= 11 is 0. The highest BCUT2D eigenvalue weighted by Crippen LogP contribution is 2.34. The van der Waals surface area contributed by atoms with Crippen LogP contribution in [0.4, 0.5) is 5.82 Å². The van der Waals surface area contributed by atoms with Crippen LogP contribution in [-0.4, -0.2) is 58.7 Å². The van der Waals surface area contributed by atoms with Crippen LogP contribution in [0.25, 0.3) is 22.0 Å². The normalized spacial score (nSPS) is 16.7. The van der Waals surface area contributed by atoms with Gasteiger partial charge in [-0.25, -0.2) is 4.98 Å². The van der Waals surface area contributed by atoms with E-state index < -0.39 is 0 Å². The predicted octanol–water partition coefficient (Wildman–Crippen LogP) is 7.32. The van der Waals surface area contributed by atoms with Gasteiger partial charge >= 0.3 is 0 Å². The maximum atomic E-state index is 13.8. The van der Waals surface area contributed by atoms with E-state index in [1.165, 1.54) is 6.42 Å². The minimum atomic E-state index is 0.0790. The highest BCUT2D eigenvalue weighted by molar-refractivity contribution is 6.11. The standard InChI is InChI=1S/C35H44N4O2/c1-7-12-37-13-15-38(16-14-37)34-11-8-27(21-36-34)28-19-30(35-26(6)22-39(23(2)3)31(35)20-28)32(40)10-9-29-25(5)17-24(4)18-33(29)41/h8,11,17,19-23H,7,9-10,12-16,18H2,1-6H3. The summed E-state index contributed by atoms with van der Waals surface area (Å²) in [6, 6.07) is 8.75. The maximum Gasteiger partial charge on any atom is 0.163 e. The van der Waals surface area contributed by atoms with Crippen molar-refractivity contribution in [3.63, 3.8) is 0 Å². The number of Topliss-reactive ketones (excluding diaryl/α,β-unsaturated/α-hetero) is 2. The van der Waals surface area contributed by atoms with Crippen LogP contribution >= 0.6 is 0 Å². The number of benzene rings is 1. The van der Waals surface area contributed by atoms with Crippen molar-refractivity contribution in [2.24, 2.45) is 0 Å². The Labute approximate surface area is 244 Å². The third-order valence-electron chi connectivity index (χ3n) is 8.61. The van der Waals surface area contributed by atoms with E-state index in [0.717, 1.165) is 88.4 Å². The number of aryl methyl sites for hydroxylation is 1. The van der Waals surface area contributed by atoms with Crippen LogP contribution in [-0.2, 0) is 4.79 Å². The number of carbonyl (C=O) groups is 2. The van der Waals surface area contributed by atoms with E-state index >= 15 is 0 Å². The summed E-state index contributed by atoms with van der Waals surface area (Å²) in [5, 5.41) is 1.01. The lowest BCUT2D eigenvalue weighted by Crippen LogP contribution is -2.46. The van der Waals surface area contributed by atoms with E-state index in [2.05, 4.69) is 72.5 Å². The van der Waals surface area contributed by atoms with Crippen molar-refractivity contribution in [3.8, 4) is 11.1 Å².